The van der Waals surface area contributed by atoms with E-state index in [0.717, 1.165) is 19.6 Å². The predicted molar refractivity (Wildman–Crippen MR) is 118 cm³/mol. The van der Waals surface area contributed by atoms with E-state index in [1.807, 2.05) is 25.7 Å². The van der Waals surface area contributed by atoms with Crippen molar-refractivity contribution in [2.75, 3.05) is 50.7 Å². The number of hydrogen-bond acceptors (Lipinski definition) is 5. The van der Waals surface area contributed by atoms with Crippen LogP contribution in [-0.2, 0) is 11.3 Å². The number of rotatable bonds is 5. The number of benzene rings is 1. The van der Waals surface area contributed by atoms with Gasteiger partial charge in [-0.15, -0.1) is 0 Å². The first-order valence-electron chi connectivity index (χ1n) is 11.1. The highest BCUT2D eigenvalue weighted by molar-refractivity contribution is 5.68. The Kier molecular flexibility index (Phi) is 7.41. The van der Waals surface area contributed by atoms with Gasteiger partial charge in [-0.05, 0) is 70.9 Å². The maximum absolute atomic E-state index is 12.2. The van der Waals surface area contributed by atoms with E-state index in [0.29, 0.717) is 19.1 Å². The number of piperazine rings is 1. The number of nitrogens with one attached hydrogen (secondary N) is 1. The Balaban J connectivity index is 1.42. The molecule has 1 aromatic rings. The average molecular weight is 403 g/mol. The first-order chi connectivity index (χ1) is 13.8. The Labute approximate surface area is 176 Å². The van der Waals surface area contributed by atoms with Crippen LogP contribution < -0.4 is 10.2 Å². The van der Waals surface area contributed by atoms with Crippen molar-refractivity contribution in [1.82, 2.24) is 15.1 Å². The van der Waals surface area contributed by atoms with Crippen LogP contribution in [0.25, 0.3) is 0 Å². The fourth-order valence-corrected chi connectivity index (χ4v) is 4.01. The lowest BCUT2D eigenvalue weighted by atomic mass is 10.0. The lowest BCUT2D eigenvalue weighted by Gasteiger charge is -2.36. The third-order valence-corrected chi connectivity index (χ3v) is 5.86. The molecule has 0 radical (unpaired) electrons. The Morgan fingerprint density at radius 2 is 1.66 bits per heavy atom. The summed E-state index contributed by atoms with van der Waals surface area (Å²) in [7, 11) is 0. The van der Waals surface area contributed by atoms with E-state index >= 15 is 0 Å². The molecule has 1 N–H and O–H groups in total. The third kappa shape index (κ3) is 6.61. The molecule has 3 rings (SSSR count). The summed E-state index contributed by atoms with van der Waals surface area (Å²) in [6, 6.07) is 9.51. The summed E-state index contributed by atoms with van der Waals surface area (Å²) < 4.78 is 5.48. The highest BCUT2D eigenvalue weighted by atomic mass is 16.6. The molecular formula is C23H38N4O2. The highest BCUT2D eigenvalue weighted by Crippen LogP contribution is 2.19. The number of carbonyl (C=O) groups excluding carboxylic acids is 1. The van der Waals surface area contributed by atoms with Crippen LogP contribution in [0.1, 0.15) is 46.1 Å². The average Bonchev–Trinajstić information content (AvgIpc) is 2.72. The van der Waals surface area contributed by atoms with Crippen LogP contribution in [0.2, 0.25) is 0 Å². The summed E-state index contributed by atoms with van der Waals surface area (Å²) >= 11 is 0. The molecule has 2 heterocycles. The van der Waals surface area contributed by atoms with Gasteiger partial charge in [-0.3, -0.25) is 0 Å². The first-order valence-corrected chi connectivity index (χ1v) is 11.1. The zero-order valence-electron chi connectivity index (χ0n) is 18.6. The Bertz CT molecular complexity index is 640. The minimum absolute atomic E-state index is 0.205. The van der Waals surface area contributed by atoms with Crippen molar-refractivity contribution in [3.05, 3.63) is 29.8 Å². The zero-order chi connectivity index (χ0) is 20.9. The van der Waals surface area contributed by atoms with E-state index in [2.05, 4.69) is 46.3 Å². The minimum Gasteiger partial charge on any atom is -0.444 e. The van der Waals surface area contributed by atoms with Crippen LogP contribution in [0.4, 0.5) is 10.5 Å². The highest BCUT2D eigenvalue weighted by Gasteiger charge is 2.26. The van der Waals surface area contributed by atoms with Crippen molar-refractivity contribution in [2.45, 2.75) is 58.7 Å². The number of amides is 1. The topological polar surface area (TPSA) is 48.0 Å². The van der Waals surface area contributed by atoms with Crippen LogP contribution in [0.3, 0.4) is 0 Å². The number of nitrogens with zero attached hydrogens (tertiary/aromatic N) is 3. The smallest absolute Gasteiger partial charge is 0.410 e. The minimum atomic E-state index is -0.439. The van der Waals surface area contributed by atoms with Gasteiger partial charge in [0.1, 0.15) is 5.60 Å². The molecule has 0 aromatic heterocycles. The summed E-state index contributed by atoms with van der Waals surface area (Å²) in [5, 5.41) is 3.72. The number of piperidine rings is 1. The first kappa shape index (κ1) is 21.9. The molecule has 0 unspecified atom stereocenters. The standard InChI is InChI=1S/C23H38N4O2/c1-5-25-12-10-20(11-13-25)24-18-19-6-8-21(9-7-19)26-14-16-27(17-15-26)22(28)29-23(2,3)4/h6-9,20,24H,5,10-18H2,1-4H3. The quantitative estimate of drug-likeness (QED) is 0.819. The van der Waals surface area contributed by atoms with Gasteiger partial charge in [-0.2, -0.15) is 0 Å². The third-order valence-electron chi connectivity index (χ3n) is 5.86. The molecule has 2 fully saturated rings. The molecule has 0 bridgehead atoms. The van der Waals surface area contributed by atoms with Gasteiger partial charge in [0, 0.05) is 44.5 Å². The summed E-state index contributed by atoms with van der Waals surface area (Å²) in [6.45, 7) is 15.6. The fourth-order valence-electron chi connectivity index (χ4n) is 4.01. The maximum atomic E-state index is 12.2. The summed E-state index contributed by atoms with van der Waals surface area (Å²) in [5.41, 5.74) is 2.12. The number of likely N-dealkylation sites (tertiary alicyclic amines) is 1. The molecule has 6 nitrogen and oxygen atoms in total. The van der Waals surface area contributed by atoms with Crippen molar-refractivity contribution in [2.24, 2.45) is 0 Å². The molecule has 2 saturated heterocycles. The lowest BCUT2D eigenvalue weighted by molar-refractivity contribution is 0.0240. The number of carbonyl (C=O) groups is 1. The van der Waals surface area contributed by atoms with Crippen molar-refractivity contribution in [3.8, 4) is 0 Å². The van der Waals surface area contributed by atoms with Crippen molar-refractivity contribution in [1.29, 1.82) is 0 Å². The molecule has 162 valence electrons. The molecule has 29 heavy (non-hydrogen) atoms. The summed E-state index contributed by atoms with van der Waals surface area (Å²) in [5.74, 6) is 0. The molecule has 0 spiro atoms. The molecule has 1 amide bonds. The van der Waals surface area contributed by atoms with Crippen molar-refractivity contribution >= 4 is 11.8 Å². The molecular weight excluding hydrogens is 364 g/mol. The van der Waals surface area contributed by atoms with Crippen molar-refractivity contribution in [3.63, 3.8) is 0 Å². The van der Waals surface area contributed by atoms with E-state index in [4.69, 9.17) is 4.74 Å². The number of hydrogen-bond donors (Lipinski definition) is 1. The van der Waals surface area contributed by atoms with Crippen LogP contribution in [0, 0.1) is 0 Å². The van der Waals surface area contributed by atoms with E-state index in [-0.39, 0.29) is 6.09 Å². The Morgan fingerprint density at radius 1 is 1.03 bits per heavy atom. The van der Waals surface area contributed by atoms with Gasteiger partial charge in [0.05, 0.1) is 0 Å². The van der Waals surface area contributed by atoms with Gasteiger partial charge in [0.25, 0.3) is 0 Å². The number of anilines is 1. The van der Waals surface area contributed by atoms with Crippen LogP contribution >= 0.6 is 0 Å². The molecule has 1 aromatic carbocycles. The SMILES string of the molecule is CCN1CCC(NCc2ccc(N3CCN(C(=O)OC(C)(C)C)CC3)cc2)CC1. The van der Waals surface area contributed by atoms with Gasteiger partial charge in [-0.1, -0.05) is 19.1 Å². The molecule has 2 aliphatic heterocycles. The van der Waals surface area contributed by atoms with E-state index in [1.54, 1.807) is 0 Å². The van der Waals surface area contributed by atoms with Gasteiger partial charge in [-0.25, -0.2) is 4.79 Å². The van der Waals surface area contributed by atoms with E-state index in [1.165, 1.54) is 43.7 Å². The van der Waals surface area contributed by atoms with Crippen LogP contribution in [0.5, 0.6) is 0 Å². The normalized spacial score (nSPS) is 19.4. The van der Waals surface area contributed by atoms with Gasteiger partial charge in [0.15, 0.2) is 0 Å². The second-order valence-electron chi connectivity index (χ2n) is 9.21. The molecule has 0 saturated carbocycles. The van der Waals surface area contributed by atoms with Crippen molar-refractivity contribution < 1.29 is 9.53 Å². The molecule has 0 aliphatic carbocycles. The number of ether oxygens (including phenoxy) is 1. The molecule has 0 atom stereocenters. The van der Waals surface area contributed by atoms with Crippen LogP contribution in [-0.4, -0.2) is 73.3 Å². The Morgan fingerprint density at radius 3 is 2.21 bits per heavy atom. The van der Waals surface area contributed by atoms with E-state index in [9.17, 15) is 4.79 Å². The van der Waals surface area contributed by atoms with Crippen LogP contribution in [0.15, 0.2) is 24.3 Å². The molecule has 6 heteroatoms. The second kappa shape index (κ2) is 9.81. The second-order valence-corrected chi connectivity index (χ2v) is 9.21. The lowest BCUT2D eigenvalue weighted by Crippen LogP contribution is -2.50. The van der Waals surface area contributed by atoms with E-state index < -0.39 is 5.60 Å². The zero-order valence-corrected chi connectivity index (χ0v) is 18.6. The maximum Gasteiger partial charge on any atom is 0.410 e. The largest absolute Gasteiger partial charge is 0.444 e. The predicted octanol–water partition coefficient (Wildman–Crippen LogP) is 3.32. The van der Waals surface area contributed by atoms with Gasteiger partial charge in [0.2, 0.25) is 0 Å². The van der Waals surface area contributed by atoms with Gasteiger partial charge >= 0.3 is 6.09 Å². The summed E-state index contributed by atoms with van der Waals surface area (Å²) in [4.78, 5) is 18.9. The Hall–Kier alpha value is -1.79. The summed E-state index contributed by atoms with van der Waals surface area (Å²) in [6.07, 6.45) is 2.28. The van der Waals surface area contributed by atoms with Gasteiger partial charge < -0.3 is 24.8 Å². The monoisotopic (exact) mass is 402 g/mol. The fraction of sp³-hybridized carbons (Fsp3) is 0.696. The molecule has 2 aliphatic rings.